The molecule has 1 atom stereocenters. The molecule has 4 N–H and O–H groups in total. The summed E-state index contributed by atoms with van der Waals surface area (Å²) in [6, 6.07) is 8.37. The molecule has 0 saturated carbocycles. The maximum Gasteiger partial charge on any atom is 0.339 e. The van der Waals surface area contributed by atoms with E-state index in [-0.39, 0.29) is 29.8 Å². The summed E-state index contributed by atoms with van der Waals surface area (Å²) in [5.41, 5.74) is 8.68. The van der Waals surface area contributed by atoms with Gasteiger partial charge in [0, 0.05) is 24.7 Å². The van der Waals surface area contributed by atoms with E-state index in [4.69, 9.17) is 15.2 Å². The highest BCUT2D eigenvalue weighted by atomic mass is 35.5. The van der Waals surface area contributed by atoms with Crippen LogP contribution in [0.5, 0.6) is 11.5 Å². The van der Waals surface area contributed by atoms with Gasteiger partial charge in [-0.25, -0.2) is 14.8 Å². The Balaban J connectivity index is 0.00000289. The Morgan fingerprint density at radius 2 is 2.00 bits per heavy atom. The zero-order valence-corrected chi connectivity index (χ0v) is 18.9. The minimum atomic E-state index is -1.08. The van der Waals surface area contributed by atoms with Crippen LogP contribution in [0.15, 0.2) is 47.4 Å². The molecule has 3 heterocycles. The molecule has 0 saturated heterocycles. The lowest BCUT2D eigenvalue weighted by molar-refractivity contribution is 0.0697. The number of aromatic carboxylic acids is 1. The van der Waals surface area contributed by atoms with Gasteiger partial charge in [0.15, 0.2) is 11.5 Å². The van der Waals surface area contributed by atoms with Gasteiger partial charge >= 0.3 is 5.97 Å². The molecule has 4 aromatic rings. The van der Waals surface area contributed by atoms with Crippen molar-refractivity contribution < 1.29 is 19.4 Å². The van der Waals surface area contributed by atoms with E-state index < -0.39 is 5.97 Å². The number of hydrogen-bond acceptors (Lipinski definition) is 8. The van der Waals surface area contributed by atoms with Crippen molar-refractivity contribution in [2.45, 2.75) is 6.04 Å². The molecule has 0 aliphatic rings. The third-order valence-corrected chi connectivity index (χ3v) is 5.57. The first-order valence-corrected chi connectivity index (χ1v) is 10.3. The van der Waals surface area contributed by atoms with E-state index in [1.54, 1.807) is 54.6 Å². The second kappa shape index (κ2) is 9.86. The van der Waals surface area contributed by atoms with Crippen LogP contribution < -0.4 is 20.5 Å². The van der Waals surface area contributed by atoms with Gasteiger partial charge in [0.2, 0.25) is 0 Å². The summed E-state index contributed by atoms with van der Waals surface area (Å²) >= 11 is 1.56. The predicted molar refractivity (Wildman–Crippen MR) is 126 cm³/mol. The molecule has 0 fully saturated rings. The molecule has 0 aliphatic heterocycles. The summed E-state index contributed by atoms with van der Waals surface area (Å²) in [7, 11) is 3.12. The Labute approximate surface area is 194 Å². The van der Waals surface area contributed by atoms with Crippen LogP contribution in [0.25, 0.3) is 16.9 Å². The van der Waals surface area contributed by atoms with Gasteiger partial charge in [-0.3, -0.25) is 4.57 Å². The summed E-state index contributed by atoms with van der Waals surface area (Å²) in [5.74, 6) is 0.787. The van der Waals surface area contributed by atoms with E-state index in [9.17, 15) is 9.90 Å². The average Bonchev–Trinajstić information content (AvgIpc) is 3.46. The largest absolute Gasteiger partial charge is 0.493 e. The van der Waals surface area contributed by atoms with Crippen LogP contribution in [0.1, 0.15) is 22.0 Å². The van der Waals surface area contributed by atoms with E-state index in [2.05, 4.69) is 15.3 Å². The van der Waals surface area contributed by atoms with Gasteiger partial charge in [-0.05, 0) is 34.5 Å². The minimum Gasteiger partial charge on any atom is -0.493 e. The Kier molecular flexibility index (Phi) is 7.18. The lowest BCUT2D eigenvalue weighted by Crippen LogP contribution is -2.22. The molecule has 32 heavy (non-hydrogen) atoms. The summed E-state index contributed by atoms with van der Waals surface area (Å²) in [5, 5.41) is 16.6. The van der Waals surface area contributed by atoms with E-state index >= 15 is 0 Å². The van der Waals surface area contributed by atoms with Crippen molar-refractivity contribution >= 4 is 46.6 Å². The molecule has 1 aromatic carbocycles. The maximum atomic E-state index is 11.7. The number of nitrogens with zero attached hydrogens (tertiary/aromatic N) is 3. The first kappa shape index (κ1) is 23.3. The number of carboxylic acids is 1. The number of carboxylic acid groups (broad SMARTS) is 1. The fourth-order valence-electron chi connectivity index (χ4n) is 3.22. The zero-order chi connectivity index (χ0) is 22.0. The number of methoxy groups -OCH3 is 2. The molecule has 4 rings (SSSR count). The number of ether oxygens (including phenoxy) is 2. The molecule has 0 unspecified atom stereocenters. The molecule has 168 valence electrons. The normalized spacial score (nSPS) is 11.6. The number of nitrogens with two attached hydrogens (primary N) is 1. The summed E-state index contributed by atoms with van der Waals surface area (Å²) < 4.78 is 12.5. The van der Waals surface area contributed by atoms with Gasteiger partial charge in [0.1, 0.15) is 23.5 Å². The Morgan fingerprint density at radius 1 is 1.25 bits per heavy atom. The van der Waals surface area contributed by atoms with Crippen LogP contribution in [0.2, 0.25) is 0 Å². The van der Waals surface area contributed by atoms with Gasteiger partial charge in [-0.15, -0.1) is 12.4 Å². The van der Waals surface area contributed by atoms with Crippen molar-refractivity contribution in [2.24, 2.45) is 5.73 Å². The number of thiophene rings is 1. The molecule has 0 bridgehead atoms. The fourth-order valence-corrected chi connectivity index (χ4v) is 3.94. The quantitative estimate of drug-likeness (QED) is 0.352. The highest BCUT2D eigenvalue weighted by molar-refractivity contribution is 7.08. The standard InChI is InChI=1S/C21H21N5O4S.ClH/c1-29-17-7-15-16(8-18(17)30-2)26(11-24-15)19-4-3-13(21(27)28)20(25-19)23-9-14(22)12-5-6-31-10-12;/h3-8,10-11,14H,9,22H2,1-2H3,(H,23,25)(H,27,28);1H/t14-;/m0./s1. The molecule has 0 amide bonds. The van der Waals surface area contributed by atoms with Crippen molar-refractivity contribution in [3.63, 3.8) is 0 Å². The average molecular weight is 476 g/mol. The van der Waals surface area contributed by atoms with Crippen LogP contribution in [-0.2, 0) is 0 Å². The number of benzene rings is 1. The third kappa shape index (κ3) is 4.47. The highest BCUT2D eigenvalue weighted by Gasteiger charge is 2.17. The molecule has 11 heteroatoms. The number of rotatable bonds is 8. The third-order valence-electron chi connectivity index (χ3n) is 4.87. The zero-order valence-electron chi connectivity index (χ0n) is 17.3. The maximum absolute atomic E-state index is 11.7. The van der Waals surface area contributed by atoms with Gasteiger partial charge in [0.25, 0.3) is 0 Å². The first-order valence-electron chi connectivity index (χ1n) is 9.37. The predicted octanol–water partition coefficient (Wildman–Crippen LogP) is 3.73. The Bertz CT molecular complexity index is 1230. The topological polar surface area (TPSA) is 125 Å². The van der Waals surface area contributed by atoms with E-state index in [1.807, 2.05) is 16.8 Å². The molecule has 0 aliphatic carbocycles. The summed E-state index contributed by atoms with van der Waals surface area (Å²) in [4.78, 5) is 20.7. The number of pyridine rings is 1. The monoisotopic (exact) mass is 475 g/mol. The summed E-state index contributed by atoms with van der Waals surface area (Å²) in [6.45, 7) is 0.336. The second-order valence-electron chi connectivity index (χ2n) is 6.73. The number of imidazole rings is 1. The summed E-state index contributed by atoms with van der Waals surface area (Å²) in [6.07, 6.45) is 1.62. The van der Waals surface area contributed by atoms with Crippen molar-refractivity contribution in [2.75, 3.05) is 26.1 Å². The van der Waals surface area contributed by atoms with Crippen molar-refractivity contribution in [3.05, 3.63) is 58.5 Å². The molecule has 0 radical (unpaired) electrons. The number of aromatic nitrogens is 3. The van der Waals surface area contributed by atoms with Crippen molar-refractivity contribution in [1.82, 2.24) is 14.5 Å². The van der Waals surface area contributed by atoms with Crippen LogP contribution in [-0.4, -0.2) is 46.4 Å². The lowest BCUT2D eigenvalue weighted by atomic mass is 10.1. The molecular formula is C21H22ClN5O4S. The van der Waals surface area contributed by atoms with Crippen LogP contribution >= 0.6 is 23.7 Å². The molecule has 9 nitrogen and oxygen atoms in total. The SMILES string of the molecule is COc1cc2ncn(-c3ccc(C(=O)O)c(NC[C@H](N)c4ccsc4)n3)c2cc1OC.Cl. The van der Waals surface area contributed by atoms with Gasteiger partial charge in [0.05, 0.1) is 25.3 Å². The number of fused-ring (bicyclic) bond motifs is 1. The number of nitrogens with one attached hydrogen (secondary N) is 1. The lowest BCUT2D eigenvalue weighted by Gasteiger charge is -2.15. The van der Waals surface area contributed by atoms with Gasteiger partial charge in [-0.2, -0.15) is 11.3 Å². The van der Waals surface area contributed by atoms with Gasteiger partial charge in [-0.1, -0.05) is 0 Å². The van der Waals surface area contributed by atoms with Gasteiger partial charge < -0.3 is 25.6 Å². The number of carbonyl (C=O) groups is 1. The number of halogens is 1. The van der Waals surface area contributed by atoms with E-state index in [0.29, 0.717) is 29.4 Å². The first-order chi connectivity index (χ1) is 15.0. The fraction of sp³-hybridized carbons (Fsp3) is 0.190. The Morgan fingerprint density at radius 3 is 2.66 bits per heavy atom. The minimum absolute atomic E-state index is 0. The molecule has 0 spiro atoms. The van der Waals surface area contributed by atoms with Crippen LogP contribution in [0.3, 0.4) is 0 Å². The van der Waals surface area contributed by atoms with E-state index in [0.717, 1.165) is 11.1 Å². The van der Waals surface area contributed by atoms with Crippen molar-refractivity contribution in [3.8, 4) is 17.3 Å². The molecular weight excluding hydrogens is 454 g/mol. The van der Waals surface area contributed by atoms with Crippen molar-refractivity contribution in [1.29, 1.82) is 0 Å². The molecule has 3 aromatic heterocycles. The Hall–Kier alpha value is -3.34. The van der Waals surface area contributed by atoms with Crippen LogP contribution in [0.4, 0.5) is 5.82 Å². The smallest absolute Gasteiger partial charge is 0.339 e. The number of anilines is 1. The number of hydrogen-bond donors (Lipinski definition) is 3. The highest BCUT2D eigenvalue weighted by Crippen LogP contribution is 2.32. The van der Waals surface area contributed by atoms with E-state index in [1.165, 1.54) is 6.07 Å². The second-order valence-corrected chi connectivity index (χ2v) is 7.51. The van der Waals surface area contributed by atoms with Crippen LogP contribution in [0, 0.1) is 0 Å².